The monoisotopic (exact) mass is 385 g/mol. The van der Waals surface area contributed by atoms with E-state index < -0.39 is 0 Å². The van der Waals surface area contributed by atoms with Crippen LogP contribution in [0.4, 0.5) is 5.69 Å². The maximum atomic E-state index is 8.98. The first-order valence-corrected chi connectivity index (χ1v) is 9.72. The van der Waals surface area contributed by atoms with Gasteiger partial charge in [0.05, 0.1) is 0 Å². The normalized spacial score (nSPS) is 11.4. The Morgan fingerprint density at radius 2 is 1.66 bits per heavy atom. The summed E-state index contributed by atoms with van der Waals surface area (Å²) in [6, 6.07) is 20.9. The molecule has 0 amide bonds. The third kappa shape index (κ3) is 4.39. The summed E-state index contributed by atoms with van der Waals surface area (Å²) in [7, 11) is 4.10. The highest BCUT2D eigenvalue weighted by Crippen LogP contribution is 2.28. The van der Waals surface area contributed by atoms with E-state index in [0.29, 0.717) is 6.54 Å². The second-order valence-corrected chi connectivity index (χ2v) is 7.27. The number of rotatable bonds is 6. The van der Waals surface area contributed by atoms with Crippen LogP contribution in [-0.2, 0) is 6.54 Å². The Labute approximate surface area is 171 Å². The first kappa shape index (κ1) is 19.0. The summed E-state index contributed by atoms with van der Waals surface area (Å²) in [4.78, 5) is 2.11. The number of fused-ring (bicyclic) bond motifs is 1. The molecule has 0 atom stereocenters. The Hall–Kier alpha value is -3.37. The van der Waals surface area contributed by atoms with Crippen LogP contribution in [0.25, 0.3) is 34.2 Å². The molecule has 0 aliphatic rings. The van der Waals surface area contributed by atoms with Crippen molar-refractivity contribution in [1.29, 1.82) is 0 Å². The SMILES string of the molecule is CN(C)c1ccc2cc(-c3ccc(/C=C/c4cc[n+](CCO)cc4)o3)ccc2c1. The lowest BCUT2D eigenvalue weighted by atomic mass is 10.0. The minimum Gasteiger partial charge on any atom is -0.457 e. The van der Waals surface area contributed by atoms with Gasteiger partial charge in [-0.05, 0) is 52.7 Å². The molecule has 0 fully saturated rings. The maximum Gasteiger partial charge on any atom is 0.171 e. The molecule has 4 heteroatoms. The van der Waals surface area contributed by atoms with Gasteiger partial charge in [0.25, 0.3) is 0 Å². The summed E-state index contributed by atoms with van der Waals surface area (Å²) in [6.07, 6.45) is 7.91. The Kier molecular flexibility index (Phi) is 5.45. The van der Waals surface area contributed by atoms with E-state index in [0.717, 1.165) is 22.6 Å². The summed E-state index contributed by atoms with van der Waals surface area (Å²) in [6.45, 7) is 0.744. The van der Waals surface area contributed by atoms with E-state index in [1.54, 1.807) is 0 Å². The number of aliphatic hydroxyl groups excluding tert-OH is 1. The number of aliphatic hydroxyl groups is 1. The Morgan fingerprint density at radius 3 is 2.41 bits per heavy atom. The molecule has 0 aliphatic heterocycles. The Morgan fingerprint density at radius 1 is 0.897 bits per heavy atom. The van der Waals surface area contributed by atoms with Crippen LogP contribution in [0.15, 0.2) is 77.5 Å². The topological polar surface area (TPSA) is 40.5 Å². The molecule has 2 aromatic carbocycles. The molecule has 4 aromatic rings. The molecule has 0 aliphatic carbocycles. The van der Waals surface area contributed by atoms with Crippen molar-refractivity contribution in [1.82, 2.24) is 0 Å². The minimum atomic E-state index is 0.139. The van der Waals surface area contributed by atoms with Crippen molar-refractivity contribution in [3.05, 3.63) is 84.4 Å². The minimum absolute atomic E-state index is 0.139. The van der Waals surface area contributed by atoms with Crippen molar-refractivity contribution in [3.63, 3.8) is 0 Å². The molecular formula is C25H25N2O2+. The molecule has 4 nitrogen and oxygen atoms in total. The van der Waals surface area contributed by atoms with E-state index >= 15 is 0 Å². The van der Waals surface area contributed by atoms with Gasteiger partial charge in [0.15, 0.2) is 18.9 Å². The fraction of sp³-hybridized carbons (Fsp3) is 0.160. The van der Waals surface area contributed by atoms with Crippen LogP contribution in [0, 0.1) is 0 Å². The number of pyridine rings is 1. The number of hydrogen-bond donors (Lipinski definition) is 1. The number of furan rings is 1. The molecular weight excluding hydrogens is 360 g/mol. The van der Waals surface area contributed by atoms with E-state index in [1.165, 1.54) is 16.5 Å². The van der Waals surface area contributed by atoms with Gasteiger partial charge in [-0.25, -0.2) is 4.57 Å². The number of aromatic nitrogens is 1. The number of benzene rings is 2. The van der Waals surface area contributed by atoms with Crippen LogP contribution >= 0.6 is 0 Å². The molecule has 146 valence electrons. The first-order chi connectivity index (χ1) is 14.1. The molecule has 0 unspecified atom stereocenters. The van der Waals surface area contributed by atoms with Gasteiger partial charge in [-0.1, -0.05) is 24.3 Å². The van der Waals surface area contributed by atoms with Crippen molar-refractivity contribution in [2.24, 2.45) is 0 Å². The largest absolute Gasteiger partial charge is 0.457 e. The molecule has 0 saturated heterocycles. The summed E-state index contributed by atoms with van der Waals surface area (Å²) in [5.41, 5.74) is 3.34. The van der Waals surface area contributed by atoms with E-state index in [2.05, 4.69) is 55.4 Å². The lowest BCUT2D eigenvalue weighted by Crippen LogP contribution is -2.34. The zero-order valence-electron chi connectivity index (χ0n) is 16.7. The second kappa shape index (κ2) is 8.33. The van der Waals surface area contributed by atoms with Gasteiger partial charge < -0.3 is 14.4 Å². The molecule has 0 radical (unpaired) electrons. The van der Waals surface area contributed by atoms with E-state index in [4.69, 9.17) is 9.52 Å². The molecule has 4 rings (SSSR count). The third-order valence-corrected chi connectivity index (χ3v) is 4.97. The van der Waals surface area contributed by atoms with Crippen LogP contribution in [0.1, 0.15) is 11.3 Å². The molecule has 2 heterocycles. The summed E-state index contributed by atoms with van der Waals surface area (Å²) in [5, 5.41) is 11.4. The van der Waals surface area contributed by atoms with Gasteiger partial charge in [-0.3, -0.25) is 0 Å². The van der Waals surface area contributed by atoms with Crippen molar-refractivity contribution < 1.29 is 14.1 Å². The predicted molar refractivity (Wildman–Crippen MR) is 119 cm³/mol. The average molecular weight is 385 g/mol. The fourth-order valence-corrected chi connectivity index (χ4v) is 3.28. The smallest absolute Gasteiger partial charge is 0.171 e. The van der Waals surface area contributed by atoms with Crippen LogP contribution in [0.3, 0.4) is 0 Å². The highest BCUT2D eigenvalue weighted by molar-refractivity contribution is 5.89. The second-order valence-electron chi connectivity index (χ2n) is 7.27. The molecule has 0 spiro atoms. The lowest BCUT2D eigenvalue weighted by Gasteiger charge is -2.13. The van der Waals surface area contributed by atoms with Crippen molar-refractivity contribution in [3.8, 4) is 11.3 Å². The van der Waals surface area contributed by atoms with Gasteiger partial charge in [0.1, 0.15) is 18.1 Å². The third-order valence-electron chi connectivity index (χ3n) is 4.97. The molecule has 0 bridgehead atoms. The number of anilines is 1. The van der Waals surface area contributed by atoms with Crippen LogP contribution < -0.4 is 9.47 Å². The molecule has 2 aromatic heterocycles. The van der Waals surface area contributed by atoms with Crippen LogP contribution in [0.2, 0.25) is 0 Å². The van der Waals surface area contributed by atoms with Gasteiger partial charge in [0.2, 0.25) is 0 Å². The van der Waals surface area contributed by atoms with Gasteiger partial charge >= 0.3 is 0 Å². The van der Waals surface area contributed by atoms with Gasteiger partial charge in [-0.15, -0.1) is 0 Å². The van der Waals surface area contributed by atoms with Crippen molar-refractivity contribution in [2.45, 2.75) is 6.54 Å². The predicted octanol–water partition coefficient (Wildman–Crippen LogP) is 4.62. The van der Waals surface area contributed by atoms with Crippen molar-refractivity contribution in [2.75, 3.05) is 25.6 Å². The zero-order chi connectivity index (χ0) is 20.2. The Bertz CT molecular complexity index is 1140. The standard InChI is InChI=1S/C25H25N2O2/c1-26(2)23-7-6-20-17-22(5-4-21(20)18-23)25-10-9-24(29-25)8-3-19-11-13-27(14-12-19)15-16-28/h3-14,17-18,28H,15-16H2,1-2H3/q+1. The summed E-state index contributed by atoms with van der Waals surface area (Å²) in [5.74, 6) is 1.67. The van der Waals surface area contributed by atoms with Gasteiger partial charge in [0, 0.05) is 37.5 Å². The van der Waals surface area contributed by atoms with E-state index in [-0.39, 0.29) is 6.61 Å². The quantitative estimate of drug-likeness (QED) is 0.493. The van der Waals surface area contributed by atoms with Crippen LogP contribution in [-0.4, -0.2) is 25.8 Å². The number of nitrogens with zero attached hydrogens (tertiary/aromatic N) is 2. The zero-order valence-corrected chi connectivity index (χ0v) is 16.7. The molecule has 29 heavy (non-hydrogen) atoms. The van der Waals surface area contributed by atoms with Gasteiger partial charge in [-0.2, -0.15) is 0 Å². The average Bonchev–Trinajstić information content (AvgIpc) is 3.22. The first-order valence-electron chi connectivity index (χ1n) is 9.72. The summed E-state index contributed by atoms with van der Waals surface area (Å²) >= 11 is 0. The highest BCUT2D eigenvalue weighted by Gasteiger charge is 2.06. The van der Waals surface area contributed by atoms with E-state index in [1.807, 2.05) is 53.4 Å². The fourth-order valence-electron chi connectivity index (χ4n) is 3.28. The Balaban J connectivity index is 1.53. The molecule has 0 saturated carbocycles. The summed E-state index contributed by atoms with van der Waals surface area (Å²) < 4.78 is 7.98. The van der Waals surface area contributed by atoms with Crippen molar-refractivity contribution >= 4 is 28.6 Å². The maximum absolute atomic E-state index is 8.98. The van der Waals surface area contributed by atoms with Crippen LogP contribution in [0.5, 0.6) is 0 Å². The highest BCUT2D eigenvalue weighted by atomic mass is 16.3. The number of hydrogen-bond acceptors (Lipinski definition) is 3. The van der Waals surface area contributed by atoms with E-state index in [9.17, 15) is 0 Å². The lowest BCUT2D eigenvalue weighted by molar-refractivity contribution is -0.698. The molecule has 1 N–H and O–H groups in total.